The average molecular weight is 718 g/mol. The second kappa shape index (κ2) is 16.9. The average Bonchev–Trinajstić information content (AvgIpc) is 3.45. The number of alkyl carbamates (subject to hydrolysis) is 1. The molecule has 5 atom stereocenters. The second-order valence-corrected chi connectivity index (χ2v) is 14.3. The zero-order chi connectivity index (χ0) is 36.7. The van der Waals surface area contributed by atoms with Gasteiger partial charge in [0.05, 0.1) is 31.8 Å². The van der Waals surface area contributed by atoms with Crippen molar-refractivity contribution in [1.82, 2.24) is 15.1 Å². The highest BCUT2D eigenvalue weighted by Gasteiger charge is 2.41. The Morgan fingerprint density at radius 1 is 0.811 bits per heavy atom. The van der Waals surface area contributed by atoms with Crippen LogP contribution in [0.25, 0.3) is 11.1 Å². The fourth-order valence-corrected chi connectivity index (χ4v) is 7.49. The van der Waals surface area contributed by atoms with Crippen LogP contribution in [0.1, 0.15) is 72.8 Å². The number of ether oxygens (including phenoxy) is 3. The molecule has 4 aromatic rings. The molecule has 0 spiro atoms. The van der Waals surface area contributed by atoms with Gasteiger partial charge in [0.2, 0.25) is 5.91 Å². The Morgan fingerprint density at radius 3 is 2.28 bits per heavy atom. The topological polar surface area (TPSA) is 118 Å². The van der Waals surface area contributed by atoms with Crippen molar-refractivity contribution in [1.29, 1.82) is 0 Å². The zero-order valence-corrected chi connectivity index (χ0v) is 30.1. The molecular formula is C43H47N3O7. The molecule has 3 saturated heterocycles. The molecule has 3 aliphatic heterocycles. The van der Waals surface area contributed by atoms with Crippen molar-refractivity contribution in [2.24, 2.45) is 5.92 Å². The van der Waals surface area contributed by atoms with Gasteiger partial charge < -0.3 is 29.5 Å². The summed E-state index contributed by atoms with van der Waals surface area (Å²) in [7, 11) is 0. The standard InChI is InChI=1S/C43H47N3O7/c1-29-38(26-45-20-6-3-7-21-45)52-42(53-40(29)33-18-16-30(27-47)17-19-33)36-15-9-14-35(23-36)34-13-8-12-32(22-34)25-46-39(48)24-37(41(46)49)44-43(50)51-28-31-10-4-2-5-11-31/h2,4-5,8-19,22-23,29,37-38,40,42,47H,3,6-7,20-21,24-28H2,1H3,(H,44,50)/t29-,37?,38+,40+,42+/m0/s1. The largest absolute Gasteiger partial charge is 0.445 e. The summed E-state index contributed by atoms with van der Waals surface area (Å²) in [6.45, 7) is 5.34. The van der Waals surface area contributed by atoms with Gasteiger partial charge in [-0.3, -0.25) is 14.5 Å². The summed E-state index contributed by atoms with van der Waals surface area (Å²) in [5, 5.41) is 12.2. The first-order chi connectivity index (χ1) is 25.8. The van der Waals surface area contributed by atoms with Crippen LogP contribution >= 0.6 is 0 Å². The van der Waals surface area contributed by atoms with Gasteiger partial charge in [0.15, 0.2) is 6.29 Å². The van der Waals surface area contributed by atoms with Crippen molar-refractivity contribution >= 4 is 17.9 Å². The number of aliphatic hydroxyl groups excluding tert-OH is 1. The minimum Gasteiger partial charge on any atom is -0.445 e. The highest BCUT2D eigenvalue weighted by Crippen LogP contribution is 2.42. The van der Waals surface area contributed by atoms with E-state index < -0.39 is 24.3 Å². The van der Waals surface area contributed by atoms with Crippen LogP contribution in [-0.2, 0) is 43.6 Å². The predicted octanol–water partition coefficient (Wildman–Crippen LogP) is 6.68. The Balaban J connectivity index is 1.04. The third-order valence-electron chi connectivity index (χ3n) is 10.5. The molecule has 0 saturated carbocycles. The van der Waals surface area contributed by atoms with Gasteiger partial charge in [-0.2, -0.15) is 0 Å². The van der Waals surface area contributed by atoms with Crippen LogP contribution in [0.5, 0.6) is 0 Å². The van der Waals surface area contributed by atoms with Crippen LogP contribution in [-0.4, -0.2) is 64.6 Å². The van der Waals surface area contributed by atoms with Crippen LogP contribution < -0.4 is 5.32 Å². The van der Waals surface area contributed by atoms with Crippen LogP contribution in [0.2, 0.25) is 0 Å². The highest BCUT2D eigenvalue weighted by molar-refractivity contribution is 6.06. The van der Waals surface area contributed by atoms with Crippen molar-refractivity contribution in [3.8, 4) is 11.1 Å². The predicted molar refractivity (Wildman–Crippen MR) is 199 cm³/mol. The van der Waals surface area contributed by atoms with Gasteiger partial charge in [0, 0.05) is 18.0 Å². The van der Waals surface area contributed by atoms with Crippen molar-refractivity contribution in [3.05, 3.63) is 131 Å². The van der Waals surface area contributed by atoms with Gasteiger partial charge in [0.25, 0.3) is 5.91 Å². The lowest BCUT2D eigenvalue weighted by Crippen LogP contribution is -2.45. The first-order valence-electron chi connectivity index (χ1n) is 18.6. The number of imide groups is 1. The number of benzene rings is 4. The summed E-state index contributed by atoms with van der Waals surface area (Å²) in [4.78, 5) is 42.3. The molecule has 3 amide bonds. The van der Waals surface area contributed by atoms with E-state index in [-0.39, 0.29) is 50.2 Å². The molecule has 0 aromatic heterocycles. The lowest BCUT2D eigenvalue weighted by molar-refractivity contribution is -0.276. The Morgan fingerprint density at radius 2 is 1.53 bits per heavy atom. The molecule has 0 aliphatic carbocycles. The van der Waals surface area contributed by atoms with Crippen molar-refractivity contribution in [3.63, 3.8) is 0 Å². The van der Waals surface area contributed by atoms with E-state index in [0.717, 1.165) is 58.6 Å². The fraction of sp³-hybridized carbons (Fsp3) is 0.372. The fourth-order valence-electron chi connectivity index (χ4n) is 7.49. The first kappa shape index (κ1) is 36.5. The van der Waals surface area contributed by atoms with Gasteiger partial charge in [-0.1, -0.05) is 104 Å². The number of likely N-dealkylation sites (tertiary alicyclic amines) is 2. The number of amides is 3. The minimum absolute atomic E-state index is 0.00689. The lowest BCUT2D eigenvalue weighted by atomic mass is 9.89. The highest BCUT2D eigenvalue weighted by atomic mass is 16.7. The Labute approximate surface area is 310 Å². The summed E-state index contributed by atoms with van der Waals surface area (Å²) in [5.74, 6) is -0.699. The van der Waals surface area contributed by atoms with Gasteiger partial charge in [0.1, 0.15) is 12.6 Å². The number of carbonyl (C=O) groups excluding carboxylic acids is 3. The maximum Gasteiger partial charge on any atom is 0.408 e. The number of rotatable bonds is 11. The maximum atomic E-state index is 13.2. The van der Waals surface area contributed by atoms with Crippen LogP contribution in [0, 0.1) is 5.92 Å². The summed E-state index contributed by atoms with van der Waals surface area (Å²) in [6.07, 6.45) is 2.00. The van der Waals surface area contributed by atoms with Gasteiger partial charge in [-0.25, -0.2) is 4.79 Å². The van der Waals surface area contributed by atoms with Gasteiger partial charge in [-0.15, -0.1) is 0 Å². The molecular weight excluding hydrogens is 670 g/mol. The third-order valence-corrected chi connectivity index (χ3v) is 10.5. The normalized spacial score (nSPS) is 23.6. The number of nitrogens with one attached hydrogen (secondary N) is 1. The molecule has 3 fully saturated rings. The number of hydrogen-bond donors (Lipinski definition) is 2. The summed E-state index contributed by atoms with van der Waals surface area (Å²) >= 11 is 0. The number of piperidine rings is 1. The number of nitrogens with zero attached hydrogens (tertiary/aromatic N) is 2. The van der Waals surface area contributed by atoms with E-state index in [2.05, 4.69) is 23.2 Å². The van der Waals surface area contributed by atoms with E-state index in [1.54, 1.807) is 0 Å². The minimum atomic E-state index is -0.973. The molecule has 3 aliphatic rings. The first-order valence-corrected chi connectivity index (χ1v) is 18.6. The monoisotopic (exact) mass is 717 g/mol. The summed E-state index contributed by atoms with van der Waals surface area (Å²) in [6, 6.07) is 32.2. The van der Waals surface area contributed by atoms with Crippen molar-refractivity contribution in [2.75, 3.05) is 19.6 Å². The van der Waals surface area contributed by atoms with E-state index in [1.807, 2.05) is 97.1 Å². The zero-order valence-electron chi connectivity index (χ0n) is 30.1. The maximum absolute atomic E-state index is 13.2. The molecule has 7 rings (SSSR count). The molecule has 3 heterocycles. The third kappa shape index (κ3) is 8.85. The molecule has 10 heteroatoms. The Kier molecular flexibility index (Phi) is 11.6. The second-order valence-electron chi connectivity index (χ2n) is 14.3. The Hall–Kier alpha value is -4.87. The molecule has 53 heavy (non-hydrogen) atoms. The lowest BCUT2D eigenvalue weighted by Gasteiger charge is -2.43. The molecule has 10 nitrogen and oxygen atoms in total. The molecule has 1 unspecified atom stereocenters. The van der Waals surface area contributed by atoms with Gasteiger partial charge in [-0.05, 0) is 71.4 Å². The number of aliphatic hydroxyl groups is 1. The van der Waals surface area contributed by atoms with Crippen LogP contribution in [0.15, 0.2) is 103 Å². The van der Waals surface area contributed by atoms with Crippen molar-refractivity contribution in [2.45, 2.75) is 76.9 Å². The van der Waals surface area contributed by atoms with E-state index in [0.29, 0.717) is 0 Å². The van der Waals surface area contributed by atoms with E-state index in [4.69, 9.17) is 14.2 Å². The van der Waals surface area contributed by atoms with E-state index in [9.17, 15) is 19.5 Å². The Bertz CT molecular complexity index is 1880. The molecule has 2 N–H and O–H groups in total. The summed E-state index contributed by atoms with van der Waals surface area (Å²) < 4.78 is 18.8. The molecule has 0 radical (unpaired) electrons. The molecule has 4 aromatic carbocycles. The molecule has 0 bridgehead atoms. The molecule has 276 valence electrons. The SMILES string of the molecule is C[C@H]1[C@@H](CN2CCCCC2)O[C@@H](c2cccc(-c3cccc(CN4C(=O)CC(NC(=O)OCc5ccccc5)C4=O)c3)c2)O[C@H]1c1ccc(CO)cc1. The van der Waals surface area contributed by atoms with Crippen molar-refractivity contribution < 1.29 is 33.7 Å². The van der Waals surface area contributed by atoms with E-state index in [1.165, 1.54) is 24.2 Å². The van der Waals surface area contributed by atoms with Crippen LogP contribution in [0.4, 0.5) is 4.79 Å². The summed E-state index contributed by atoms with van der Waals surface area (Å²) in [5.41, 5.74) is 6.30. The number of hydrogen-bond acceptors (Lipinski definition) is 8. The number of carbonyl (C=O) groups is 3. The quantitative estimate of drug-likeness (QED) is 0.165. The van der Waals surface area contributed by atoms with E-state index >= 15 is 0 Å². The smallest absolute Gasteiger partial charge is 0.408 e. The van der Waals surface area contributed by atoms with Gasteiger partial charge >= 0.3 is 6.09 Å². The van der Waals surface area contributed by atoms with Crippen LogP contribution in [0.3, 0.4) is 0 Å².